The van der Waals surface area contributed by atoms with E-state index in [-0.39, 0.29) is 24.9 Å². The first kappa shape index (κ1) is 19.5. The molecule has 0 aliphatic carbocycles. The van der Waals surface area contributed by atoms with E-state index in [2.05, 4.69) is 5.32 Å². The van der Waals surface area contributed by atoms with Crippen molar-refractivity contribution in [3.63, 3.8) is 0 Å². The summed E-state index contributed by atoms with van der Waals surface area (Å²) in [5.41, 5.74) is 6.54. The average Bonchev–Trinajstić information content (AvgIpc) is 2.46. The van der Waals surface area contributed by atoms with Gasteiger partial charge in [0, 0.05) is 13.7 Å². The lowest BCUT2D eigenvalue weighted by molar-refractivity contribution is -0.123. The number of benzene rings is 1. The third kappa shape index (κ3) is 6.20. The standard InChI is InChI=1S/C14H22N2O4.ClH/c1-4-20-12-6-5-10(7-13(12)19-3)8-16-14(17)11(15)9-18-2;/h5-7,11H,4,8-9,15H2,1-3H3,(H,16,17);1H. The van der Waals surface area contributed by atoms with Crippen LogP contribution in [-0.4, -0.2) is 39.4 Å². The fourth-order valence-electron chi connectivity index (χ4n) is 1.67. The number of nitrogens with one attached hydrogen (secondary N) is 1. The first-order chi connectivity index (χ1) is 9.62. The van der Waals surface area contributed by atoms with Crippen LogP contribution < -0.4 is 20.5 Å². The smallest absolute Gasteiger partial charge is 0.239 e. The van der Waals surface area contributed by atoms with Crippen molar-refractivity contribution >= 4 is 18.3 Å². The zero-order chi connectivity index (χ0) is 15.0. The van der Waals surface area contributed by atoms with E-state index in [1.807, 2.05) is 25.1 Å². The molecule has 0 aliphatic heterocycles. The maximum Gasteiger partial charge on any atom is 0.239 e. The van der Waals surface area contributed by atoms with Gasteiger partial charge in [-0.3, -0.25) is 4.79 Å². The summed E-state index contributed by atoms with van der Waals surface area (Å²) in [5, 5.41) is 2.75. The molecule has 1 unspecified atom stereocenters. The molecule has 0 fully saturated rings. The topological polar surface area (TPSA) is 82.8 Å². The number of methoxy groups -OCH3 is 2. The number of carbonyl (C=O) groups excluding carboxylic acids is 1. The van der Waals surface area contributed by atoms with Crippen LogP contribution in [0.15, 0.2) is 18.2 Å². The van der Waals surface area contributed by atoms with E-state index in [1.54, 1.807) is 7.11 Å². The summed E-state index contributed by atoms with van der Waals surface area (Å²) in [4.78, 5) is 11.7. The van der Waals surface area contributed by atoms with Crippen molar-refractivity contribution in [2.75, 3.05) is 27.4 Å². The summed E-state index contributed by atoms with van der Waals surface area (Å²) in [6.07, 6.45) is 0. The van der Waals surface area contributed by atoms with Crippen LogP contribution in [0.3, 0.4) is 0 Å². The van der Waals surface area contributed by atoms with E-state index in [0.717, 1.165) is 5.56 Å². The van der Waals surface area contributed by atoms with Gasteiger partial charge in [-0.2, -0.15) is 0 Å². The monoisotopic (exact) mass is 318 g/mol. The van der Waals surface area contributed by atoms with Gasteiger partial charge in [0.25, 0.3) is 0 Å². The number of halogens is 1. The van der Waals surface area contributed by atoms with Crippen molar-refractivity contribution < 1.29 is 19.0 Å². The lowest BCUT2D eigenvalue weighted by atomic mass is 10.2. The third-order valence-corrected chi connectivity index (χ3v) is 2.68. The van der Waals surface area contributed by atoms with Crippen LogP contribution in [0.1, 0.15) is 12.5 Å². The van der Waals surface area contributed by atoms with Crippen molar-refractivity contribution in [1.82, 2.24) is 5.32 Å². The van der Waals surface area contributed by atoms with Gasteiger partial charge in [-0.15, -0.1) is 12.4 Å². The second-order valence-corrected chi connectivity index (χ2v) is 4.20. The molecule has 1 aromatic carbocycles. The molecule has 120 valence electrons. The van der Waals surface area contributed by atoms with E-state index >= 15 is 0 Å². The molecule has 6 nitrogen and oxygen atoms in total. The molecule has 0 aromatic heterocycles. The van der Waals surface area contributed by atoms with Crippen LogP contribution in [0.5, 0.6) is 11.5 Å². The van der Waals surface area contributed by atoms with Gasteiger partial charge in [0.1, 0.15) is 6.04 Å². The highest BCUT2D eigenvalue weighted by Crippen LogP contribution is 2.27. The van der Waals surface area contributed by atoms with Gasteiger partial charge in [0.15, 0.2) is 11.5 Å². The molecule has 0 saturated carbocycles. The second-order valence-electron chi connectivity index (χ2n) is 4.20. The van der Waals surface area contributed by atoms with E-state index in [9.17, 15) is 4.79 Å². The van der Waals surface area contributed by atoms with Crippen molar-refractivity contribution in [2.45, 2.75) is 19.5 Å². The Morgan fingerprint density at radius 1 is 1.33 bits per heavy atom. The Kier molecular flexibility index (Phi) is 9.53. The predicted molar refractivity (Wildman–Crippen MR) is 83.1 cm³/mol. The van der Waals surface area contributed by atoms with Gasteiger partial charge in [-0.1, -0.05) is 6.07 Å². The molecule has 0 heterocycles. The number of carbonyl (C=O) groups is 1. The minimum atomic E-state index is -0.662. The molecule has 0 bridgehead atoms. The van der Waals surface area contributed by atoms with Crippen molar-refractivity contribution in [2.24, 2.45) is 5.73 Å². The maximum atomic E-state index is 11.7. The fraction of sp³-hybridized carbons (Fsp3) is 0.500. The van der Waals surface area contributed by atoms with Crippen LogP contribution in [0.2, 0.25) is 0 Å². The molecular formula is C14H23ClN2O4. The summed E-state index contributed by atoms with van der Waals surface area (Å²) in [6, 6.07) is 4.85. The predicted octanol–water partition coefficient (Wildman–Crippen LogP) is 1.11. The van der Waals surface area contributed by atoms with Crippen molar-refractivity contribution in [1.29, 1.82) is 0 Å². The molecular weight excluding hydrogens is 296 g/mol. The van der Waals surface area contributed by atoms with Gasteiger partial charge in [0.2, 0.25) is 5.91 Å². The maximum absolute atomic E-state index is 11.7. The van der Waals surface area contributed by atoms with Crippen LogP contribution in [0.25, 0.3) is 0 Å². The Bertz CT molecular complexity index is 443. The molecule has 1 aromatic rings. The number of rotatable bonds is 8. The van der Waals surface area contributed by atoms with E-state index in [0.29, 0.717) is 24.7 Å². The number of ether oxygens (including phenoxy) is 3. The summed E-state index contributed by atoms with van der Waals surface area (Å²) in [5.74, 6) is 1.07. The second kappa shape index (κ2) is 10.3. The normalized spacial score (nSPS) is 11.2. The van der Waals surface area contributed by atoms with Gasteiger partial charge in [-0.25, -0.2) is 0 Å². The third-order valence-electron chi connectivity index (χ3n) is 2.68. The molecule has 21 heavy (non-hydrogen) atoms. The zero-order valence-electron chi connectivity index (χ0n) is 12.5. The quantitative estimate of drug-likeness (QED) is 0.750. The highest BCUT2D eigenvalue weighted by atomic mass is 35.5. The van der Waals surface area contributed by atoms with E-state index in [4.69, 9.17) is 19.9 Å². The van der Waals surface area contributed by atoms with Crippen molar-refractivity contribution in [3.8, 4) is 11.5 Å². The summed E-state index contributed by atoms with van der Waals surface area (Å²) in [6.45, 7) is 3.04. The summed E-state index contributed by atoms with van der Waals surface area (Å²) < 4.78 is 15.5. The fourth-order valence-corrected chi connectivity index (χ4v) is 1.67. The van der Waals surface area contributed by atoms with Gasteiger partial charge >= 0.3 is 0 Å². The van der Waals surface area contributed by atoms with Gasteiger partial charge in [0.05, 0.1) is 20.3 Å². The van der Waals surface area contributed by atoms with Crippen LogP contribution in [-0.2, 0) is 16.1 Å². The molecule has 1 atom stereocenters. The van der Waals surface area contributed by atoms with E-state index < -0.39 is 6.04 Å². The Morgan fingerprint density at radius 2 is 2.05 bits per heavy atom. The SMILES string of the molecule is CCOc1ccc(CNC(=O)C(N)COC)cc1OC.Cl. The first-order valence-electron chi connectivity index (χ1n) is 6.44. The van der Waals surface area contributed by atoms with Crippen molar-refractivity contribution in [3.05, 3.63) is 23.8 Å². The Hall–Kier alpha value is -1.50. The minimum absolute atomic E-state index is 0. The molecule has 0 spiro atoms. The molecule has 0 saturated heterocycles. The number of hydrogen-bond donors (Lipinski definition) is 2. The summed E-state index contributed by atoms with van der Waals surface area (Å²) >= 11 is 0. The summed E-state index contributed by atoms with van der Waals surface area (Å²) in [7, 11) is 3.08. The van der Waals surface area contributed by atoms with E-state index in [1.165, 1.54) is 7.11 Å². The average molecular weight is 319 g/mol. The molecule has 7 heteroatoms. The first-order valence-corrected chi connectivity index (χ1v) is 6.44. The largest absolute Gasteiger partial charge is 0.493 e. The molecule has 1 rings (SSSR count). The lowest BCUT2D eigenvalue weighted by Gasteiger charge is -2.13. The Balaban J connectivity index is 0.00000400. The Morgan fingerprint density at radius 3 is 2.62 bits per heavy atom. The van der Waals surface area contributed by atoms with Crippen LogP contribution >= 0.6 is 12.4 Å². The highest BCUT2D eigenvalue weighted by molar-refractivity contribution is 5.85. The molecule has 1 amide bonds. The Labute approximate surface area is 131 Å². The minimum Gasteiger partial charge on any atom is -0.493 e. The molecule has 0 radical (unpaired) electrons. The molecule has 3 N–H and O–H groups in total. The van der Waals surface area contributed by atoms with Gasteiger partial charge < -0.3 is 25.3 Å². The lowest BCUT2D eigenvalue weighted by Crippen LogP contribution is -2.43. The van der Waals surface area contributed by atoms with Crippen LogP contribution in [0, 0.1) is 0 Å². The molecule has 0 aliphatic rings. The van der Waals surface area contributed by atoms with Gasteiger partial charge in [-0.05, 0) is 24.6 Å². The number of amides is 1. The highest BCUT2D eigenvalue weighted by Gasteiger charge is 2.13. The zero-order valence-corrected chi connectivity index (χ0v) is 13.4. The number of hydrogen-bond acceptors (Lipinski definition) is 5. The van der Waals surface area contributed by atoms with Crippen LogP contribution in [0.4, 0.5) is 0 Å². The number of nitrogens with two attached hydrogens (primary N) is 1.